The molecule has 0 saturated carbocycles. The molecule has 92 valence electrons. The first-order valence-corrected chi connectivity index (χ1v) is 5.76. The number of benzene rings is 1. The molecule has 0 atom stereocenters. The van der Waals surface area contributed by atoms with E-state index in [1.165, 1.54) is 6.33 Å². The fourth-order valence-electron chi connectivity index (χ4n) is 1.71. The van der Waals surface area contributed by atoms with Gasteiger partial charge in [0.1, 0.15) is 6.33 Å². The molecule has 0 fully saturated rings. The van der Waals surface area contributed by atoms with Crippen LogP contribution in [0.2, 0.25) is 0 Å². The minimum Gasteiger partial charge on any atom is -0.462 e. The summed E-state index contributed by atoms with van der Waals surface area (Å²) in [4.78, 5) is 20.0. The zero-order valence-electron chi connectivity index (χ0n) is 10.4. The molecule has 0 spiro atoms. The Morgan fingerprint density at radius 2 is 2.17 bits per heavy atom. The summed E-state index contributed by atoms with van der Waals surface area (Å²) < 4.78 is 5.06. The number of nitrogens with zero attached hydrogens (tertiary/aromatic N) is 2. The van der Waals surface area contributed by atoms with Crippen LogP contribution in [-0.4, -0.2) is 22.5 Å². The van der Waals surface area contributed by atoms with Crippen molar-refractivity contribution in [3.05, 3.63) is 47.9 Å². The first kappa shape index (κ1) is 12.2. The van der Waals surface area contributed by atoms with Crippen LogP contribution in [0.1, 0.15) is 22.8 Å². The summed E-state index contributed by atoms with van der Waals surface area (Å²) in [7, 11) is 0. The molecular formula is C14H14N2O2. The Kier molecular flexibility index (Phi) is 3.67. The predicted octanol–water partition coefficient (Wildman–Crippen LogP) is 2.63. The van der Waals surface area contributed by atoms with Crippen molar-refractivity contribution in [2.24, 2.45) is 0 Å². The van der Waals surface area contributed by atoms with Crippen LogP contribution in [0.5, 0.6) is 0 Å². The van der Waals surface area contributed by atoms with E-state index in [4.69, 9.17) is 4.74 Å². The van der Waals surface area contributed by atoms with Gasteiger partial charge in [-0.25, -0.2) is 14.8 Å². The Morgan fingerprint density at radius 1 is 1.33 bits per heavy atom. The average molecular weight is 242 g/mol. The minimum atomic E-state index is -0.324. The molecule has 0 radical (unpaired) electrons. The standard InChI is InChI=1S/C14H14N2O2/c1-3-18-14(17)12-8-10(2)4-5-11(12)13-6-7-15-9-16-13/h4-9H,3H2,1-2H3. The Bertz CT molecular complexity index is 553. The van der Waals surface area contributed by atoms with Crippen LogP contribution < -0.4 is 0 Å². The first-order chi connectivity index (χ1) is 8.72. The summed E-state index contributed by atoms with van der Waals surface area (Å²) in [6, 6.07) is 7.41. The topological polar surface area (TPSA) is 52.1 Å². The van der Waals surface area contributed by atoms with Gasteiger partial charge in [0.25, 0.3) is 0 Å². The third-order valence-corrected chi connectivity index (χ3v) is 2.53. The highest BCUT2D eigenvalue weighted by Crippen LogP contribution is 2.23. The largest absolute Gasteiger partial charge is 0.462 e. The molecule has 0 aliphatic carbocycles. The second kappa shape index (κ2) is 5.40. The van der Waals surface area contributed by atoms with E-state index in [-0.39, 0.29) is 5.97 Å². The molecule has 0 aliphatic rings. The van der Waals surface area contributed by atoms with Gasteiger partial charge in [-0.2, -0.15) is 0 Å². The second-order valence-electron chi connectivity index (χ2n) is 3.86. The number of carbonyl (C=O) groups excluding carboxylic acids is 1. The fraction of sp³-hybridized carbons (Fsp3) is 0.214. The van der Waals surface area contributed by atoms with Crippen molar-refractivity contribution in [2.45, 2.75) is 13.8 Å². The van der Waals surface area contributed by atoms with Crippen molar-refractivity contribution < 1.29 is 9.53 Å². The van der Waals surface area contributed by atoms with Crippen LogP contribution in [0, 0.1) is 6.92 Å². The van der Waals surface area contributed by atoms with Crippen molar-refractivity contribution in [2.75, 3.05) is 6.61 Å². The van der Waals surface area contributed by atoms with Gasteiger partial charge in [0.15, 0.2) is 0 Å². The molecule has 0 bridgehead atoms. The Hall–Kier alpha value is -2.23. The molecule has 1 aromatic heterocycles. The number of aromatic nitrogens is 2. The number of ether oxygens (including phenoxy) is 1. The molecule has 0 saturated heterocycles. The highest BCUT2D eigenvalue weighted by molar-refractivity contribution is 5.97. The van der Waals surface area contributed by atoms with E-state index in [0.717, 1.165) is 11.1 Å². The van der Waals surface area contributed by atoms with Crippen molar-refractivity contribution in [3.63, 3.8) is 0 Å². The van der Waals surface area contributed by atoms with Crippen LogP contribution in [0.25, 0.3) is 11.3 Å². The van der Waals surface area contributed by atoms with Crippen molar-refractivity contribution in [3.8, 4) is 11.3 Å². The van der Waals surface area contributed by atoms with E-state index in [1.807, 2.05) is 25.1 Å². The molecular weight excluding hydrogens is 228 g/mol. The summed E-state index contributed by atoms with van der Waals surface area (Å²) in [5.74, 6) is -0.324. The number of rotatable bonds is 3. The highest BCUT2D eigenvalue weighted by atomic mass is 16.5. The van der Waals surface area contributed by atoms with E-state index in [2.05, 4.69) is 9.97 Å². The van der Waals surface area contributed by atoms with Gasteiger partial charge in [0.2, 0.25) is 0 Å². The normalized spacial score (nSPS) is 10.1. The fourth-order valence-corrected chi connectivity index (χ4v) is 1.71. The van der Waals surface area contributed by atoms with Crippen molar-refractivity contribution >= 4 is 5.97 Å². The number of aryl methyl sites for hydroxylation is 1. The molecule has 4 heteroatoms. The third kappa shape index (κ3) is 2.53. The number of esters is 1. The maximum absolute atomic E-state index is 11.9. The van der Waals surface area contributed by atoms with Crippen LogP contribution >= 0.6 is 0 Å². The van der Waals surface area contributed by atoms with Gasteiger partial charge in [-0.3, -0.25) is 0 Å². The van der Waals surface area contributed by atoms with E-state index in [1.54, 1.807) is 19.2 Å². The van der Waals surface area contributed by atoms with Crippen molar-refractivity contribution in [1.29, 1.82) is 0 Å². The summed E-state index contributed by atoms with van der Waals surface area (Å²) in [5, 5.41) is 0. The quantitative estimate of drug-likeness (QED) is 0.776. The molecule has 18 heavy (non-hydrogen) atoms. The summed E-state index contributed by atoms with van der Waals surface area (Å²) >= 11 is 0. The average Bonchev–Trinajstić information content (AvgIpc) is 2.40. The van der Waals surface area contributed by atoms with Crippen LogP contribution in [0.3, 0.4) is 0 Å². The molecule has 2 rings (SSSR count). The van der Waals surface area contributed by atoms with Crippen molar-refractivity contribution in [1.82, 2.24) is 9.97 Å². The Balaban J connectivity index is 2.51. The van der Waals surface area contributed by atoms with E-state index in [0.29, 0.717) is 17.9 Å². The van der Waals surface area contributed by atoms with Gasteiger partial charge in [-0.05, 0) is 26.0 Å². The lowest BCUT2D eigenvalue weighted by Crippen LogP contribution is -2.07. The van der Waals surface area contributed by atoms with Gasteiger partial charge in [-0.15, -0.1) is 0 Å². The smallest absolute Gasteiger partial charge is 0.338 e. The molecule has 0 N–H and O–H groups in total. The van der Waals surface area contributed by atoms with Gasteiger partial charge >= 0.3 is 5.97 Å². The third-order valence-electron chi connectivity index (χ3n) is 2.53. The monoisotopic (exact) mass is 242 g/mol. The maximum atomic E-state index is 11.9. The molecule has 2 aromatic rings. The summed E-state index contributed by atoms with van der Waals surface area (Å²) in [6.45, 7) is 4.08. The zero-order valence-corrected chi connectivity index (χ0v) is 10.4. The van der Waals surface area contributed by atoms with Crippen LogP contribution in [0.15, 0.2) is 36.8 Å². The lowest BCUT2D eigenvalue weighted by molar-refractivity contribution is 0.0527. The Labute approximate surface area is 106 Å². The van der Waals surface area contributed by atoms with Gasteiger partial charge < -0.3 is 4.74 Å². The molecule has 4 nitrogen and oxygen atoms in total. The van der Waals surface area contributed by atoms with E-state index in [9.17, 15) is 4.79 Å². The van der Waals surface area contributed by atoms with E-state index >= 15 is 0 Å². The summed E-state index contributed by atoms with van der Waals surface area (Å²) in [6.07, 6.45) is 3.11. The number of hydrogen-bond donors (Lipinski definition) is 0. The van der Waals surface area contributed by atoms with Crippen LogP contribution in [0.4, 0.5) is 0 Å². The van der Waals surface area contributed by atoms with Gasteiger partial charge in [0, 0.05) is 11.8 Å². The van der Waals surface area contributed by atoms with Gasteiger partial charge in [-0.1, -0.05) is 17.7 Å². The zero-order chi connectivity index (χ0) is 13.0. The molecule has 1 heterocycles. The van der Waals surface area contributed by atoms with E-state index < -0.39 is 0 Å². The lowest BCUT2D eigenvalue weighted by Gasteiger charge is -2.09. The Morgan fingerprint density at radius 3 is 2.83 bits per heavy atom. The highest BCUT2D eigenvalue weighted by Gasteiger charge is 2.14. The lowest BCUT2D eigenvalue weighted by atomic mass is 10.0. The molecule has 0 amide bonds. The maximum Gasteiger partial charge on any atom is 0.338 e. The second-order valence-corrected chi connectivity index (χ2v) is 3.86. The number of carbonyl (C=O) groups is 1. The van der Waals surface area contributed by atoms with Gasteiger partial charge in [0.05, 0.1) is 17.9 Å². The predicted molar refractivity (Wildman–Crippen MR) is 68.2 cm³/mol. The number of hydrogen-bond acceptors (Lipinski definition) is 4. The molecule has 0 unspecified atom stereocenters. The SMILES string of the molecule is CCOC(=O)c1cc(C)ccc1-c1ccncn1. The molecule has 0 aliphatic heterocycles. The molecule has 1 aromatic carbocycles. The first-order valence-electron chi connectivity index (χ1n) is 5.76. The minimum absolute atomic E-state index is 0.324. The summed E-state index contributed by atoms with van der Waals surface area (Å²) in [5.41, 5.74) is 3.03. The van der Waals surface area contributed by atoms with Crippen LogP contribution in [-0.2, 0) is 4.74 Å².